The summed E-state index contributed by atoms with van der Waals surface area (Å²) < 4.78 is 0. The number of nitrogens with one attached hydrogen (secondary N) is 2. The Morgan fingerprint density at radius 1 is 1.19 bits per heavy atom. The van der Waals surface area contributed by atoms with Crippen molar-refractivity contribution in [3.8, 4) is 0 Å². The third kappa shape index (κ3) is 1.95. The Bertz CT molecular complexity index is 574. The number of benzene rings is 1. The van der Waals surface area contributed by atoms with Gasteiger partial charge in [0.2, 0.25) is 0 Å². The standard InChI is InChI=1S/C16H21N3O2/c1-10-9-19(3)13(12-7-5-4-6-8-12)11(2)16(10)14(20)17-15(21)18-16/h4-8,10-11,13H,9H2,1-3H3,(H2,17,18,20,21)/t10-,11-,13+,16-/m1/s1. The molecule has 2 N–H and O–H groups in total. The van der Waals surface area contributed by atoms with Gasteiger partial charge in [-0.3, -0.25) is 15.0 Å². The molecule has 5 heteroatoms. The molecule has 4 atom stereocenters. The van der Waals surface area contributed by atoms with Gasteiger partial charge in [0.25, 0.3) is 5.91 Å². The maximum atomic E-state index is 12.5. The fraction of sp³-hybridized carbons (Fsp3) is 0.500. The molecule has 2 fully saturated rings. The average Bonchev–Trinajstić information content (AvgIpc) is 2.74. The van der Waals surface area contributed by atoms with Crippen molar-refractivity contribution in [3.63, 3.8) is 0 Å². The minimum Gasteiger partial charge on any atom is -0.323 e. The first kappa shape index (κ1) is 14.1. The maximum absolute atomic E-state index is 12.5. The van der Waals surface area contributed by atoms with Gasteiger partial charge in [-0.1, -0.05) is 44.2 Å². The predicted molar refractivity (Wildman–Crippen MR) is 79.5 cm³/mol. The highest BCUT2D eigenvalue weighted by molar-refractivity contribution is 6.07. The van der Waals surface area contributed by atoms with Gasteiger partial charge in [-0.15, -0.1) is 0 Å². The molecule has 0 aliphatic carbocycles. The minimum absolute atomic E-state index is 0.0138. The Morgan fingerprint density at radius 3 is 2.43 bits per heavy atom. The third-order valence-electron chi connectivity index (χ3n) is 5.07. The molecule has 0 unspecified atom stereocenters. The molecule has 1 aromatic rings. The van der Waals surface area contributed by atoms with E-state index >= 15 is 0 Å². The van der Waals surface area contributed by atoms with Gasteiger partial charge in [0.1, 0.15) is 5.54 Å². The number of urea groups is 1. The van der Waals surface area contributed by atoms with Crippen LogP contribution in [0.4, 0.5) is 4.79 Å². The number of carbonyl (C=O) groups excluding carboxylic acids is 2. The first-order chi connectivity index (χ1) is 9.96. The van der Waals surface area contributed by atoms with Crippen molar-refractivity contribution >= 4 is 11.9 Å². The van der Waals surface area contributed by atoms with Gasteiger partial charge >= 0.3 is 6.03 Å². The number of imide groups is 1. The molecule has 5 nitrogen and oxygen atoms in total. The zero-order valence-corrected chi connectivity index (χ0v) is 12.6. The van der Waals surface area contributed by atoms with Crippen molar-refractivity contribution < 1.29 is 9.59 Å². The Hall–Kier alpha value is -1.88. The van der Waals surface area contributed by atoms with Crippen LogP contribution in [0.1, 0.15) is 25.5 Å². The number of carbonyl (C=O) groups is 2. The summed E-state index contributed by atoms with van der Waals surface area (Å²) in [5.74, 6) is -0.148. The summed E-state index contributed by atoms with van der Waals surface area (Å²) in [5, 5.41) is 5.33. The van der Waals surface area contributed by atoms with Crippen LogP contribution < -0.4 is 10.6 Å². The number of hydrogen-bond acceptors (Lipinski definition) is 3. The van der Waals surface area contributed by atoms with Crippen molar-refractivity contribution in [1.29, 1.82) is 0 Å². The van der Waals surface area contributed by atoms with Gasteiger partial charge in [0.05, 0.1) is 0 Å². The second-order valence-electron chi connectivity index (χ2n) is 6.26. The van der Waals surface area contributed by atoms with Crippen LogP contribution in [0.15, 0.2) is 30.3 Å². The molecular formula is C16H21N3O2. The monoisotopic (exact) mass is 287 g/mol. The fourth-order valence-electron chi connectivity index (χ4n) is 4.11. The Morgan fingerprint density at radius 2 is 1.86 bits per heavy atom. The molecule has 2 aliphatic heterocycles. The van der Waals surface area contributed by atoms with E-state index in [1.807, 2.05) is 25.1 Å². The van der Waals surface area contributed by atoms with E-state index in [0.29, 0.717) is 0 Å². The van der Waals surface area contributed by atoms with Crippen LogP contribution in [0.3, 0.4) is 0 Å². The highest BCUT2D eigenvalue weighted by Crippen LogP contribution is 2.44. The second kappa shape index (κ2) is 4.84. The fourth-order valence-corrected chi connectivity index (χ4v) is 4.11. The van der Waals surface area contributed by atoms with Crippen LogP contribution in [0.2, 0.25) is 0 Å². The Balaban J connectivity index is 2.04. The average molecular weight is 287 g/mol. The molecule has 1 spiro atoms. The lowest BCUT2D eigenvalue weighted by molar-refractivity contribution is -0.132. The number of amides is 3. The summed E-state index contributed by atoms with van der Waals surface area (Å²) in [6, 6.07) is 9.88. The molecule has 0 radical (unpaired) electrons. The molecule has 2 heterocycles. The summed E-state index contributed by atoms with van der Waals surface area (Å²) in [4.78, 5) is 26.4. The molecular weight excluding hydrogens is 266 g/mol. The lowest BCUT2D eigenvalue weighted by Gasteiger charge is -2.50. The lowest BCUT2D eigenvalue weighted by Crippen LogP contribution is -2.65. The second-order valence-corrected chi connectivity index (χ2v) is 6.26. The molecule has 0 aromatic heterocycles. The van der Waals surface area contributed by atoms with E-state index in [9.17, 15) is 9.59 Å². The van der Waals surface area contributed by atoms with E-state index in [-0.39, 0.29) is 29.8 Å². The molecule has 3 amide bonds. The van der Waals surface area contributed by atoms with E-state index in [1.54, 1.807) is 0 Å². The Labute approximate surface area is 124 Å². The third-order valence-corrected chi connectivity index (χ3v) is 5.07. The predicted octanol–water partition coefficient (Wildman–Crippen LogP) is 1.52. The highest BCUT2D eigenvalue weighted by atomic mass is 16.2. The van der Waals surface area contributed by atoms with Gasteiger partial charge in [-0.2, -0.15) is 0 Å². The number of hydrogen-bond donors (Lipinski definition) is 2. The topological polar surface area (TPSA) is 61.4 Å². The highest BCUT2D eigenvalue weighted by Gasteiger charge is 2.59. The zero-order chi connectivity index (χ0) is 15.2. The SMILES string of the molecule is C[C@@H]1CN(C)[C@H](c2ccccc2)[C@@H](C)[C@]12NC(=O)NC2=O. The number of nitrogens with zero attached hydrogens (tertiary/aromatic N) is 1. The van der Waals surface area contributed by atoms with Gasteiger partial charge in [-0.05, 0) is 12.6 Å². The maximum Gasteiger partial charge on any atom is 0.322 e. The quantitative estimate of drug-likeness (QED) is 0.770. The number of likely N-dealkylation sites (tertiary alicyclic amines) is 1. The molecule has 1 aromatic carbocycles. The minimum atomic E-state index is -0.815. The van der Waals surface area contributed by atoms with E-state index in [4.69, 9.17) is 0 Å². The number of rotatable bonds is 1. The molecule has 0 saturated carbocycles. The molecule has 2 aliphatic rings. The summed E-state index contributed by atoms with van der Waals surface area (Å²) in [7, 11) is 2.08. The van der Waals surface area contributed by atoms with E-state index in [1.165, 1.54) is 5.56 Å². The van der Waals surface area contributed by atoms with E-state index in [0.717, 1.165) is 6.54 Å². The van der Waals surface area contributed by atoms with Crippen molar-refractivity contribution in [3.05, 3.63) is 35.9 Å². The van der Waals surface area contributed by atoms with Gasteiger partial charge in [0.15, 0.2) is 0 Å². The molecule has 3 rings (SSSR count). The van der Waals surface area contributed by atoms with Gasteiger partial charge in [0, 0.05) is 24.4 Å². The van der Waals surface area contributed by atoms with Gasteiger partial charge in [-0.25, -0.2) is 4.79 Å². The Kier molecular flexibility index (Phi) is 3.24. The van der Waals surface area contributed by atoms with Crippen molar-refractivity contribution in [2.45, 2.75) is 25.4 Å². The first-order valence-electron chi connectivity index (χ1n) is 7.35. The van der Waals surface area contributed by atoms with Crippen molar-refractivity contribution in [1.82, 2.24) is 15.5 Å². The van der Waals surface area contributed by atoms with E-state index < -0.39 is 5.54 Å². The number of piperidine rings is 1. The summed E-state index contributed by atoms with van der Waals surface area (Å²) >= 11 is 0. The van der Waals surface area contributed by atoms with Crippen molar-refractivity contribution in [2.24, 2.45) is 11.8 Å². The summed E-state index contributed by atoms with van der Waals surface area (Å²) in [6.07, 6.45) is 0. The van der Waals surface area contributed by atoms with Gasteiger partial charge < -0.3 is 5.32 Å². The largest absolute Gasteiger partial charge is 0.323 e. The van der Waals surface area contributed by atoms with Crippen LogP contribution >= 0.6 is 0 Å². The van der Waals surface area contributed by atoms with Crippen LogP contribution in [-0.2, 0) is 4.79 Å². The zero-order valence-electron chi connectivity index (χ0n) is 12.6. The van der Waals surface area contributed by atoms with Crippen LogP contribution in [0.5, 0.6) is 0 Å². The summed E-state index contributed by atoms with van der Waals surface area (Å²) in [6.45, 7) is 4.84. The van der Waals surface area contributed by atoms with E-state index in [2.05, 4.69) is 41.6 Å². The normalized spacial score (nSPS) is 36.6. The molecule has 21 heavy (non-hydrogen) atoms. The molecule has 112 valence electrons. The van der Waals surface area contributed by atoms with Crippen LogP contribution in [-0.4, -0.2) is 36.0 Å². The van der Waals surface area contributed by atoms with Crippen molar-refractivity contribution in [2.75, 3.05) is 13.6 Å². The molecule has 0 bridgehead atoms. The first-order valence-corrected chi connectivity index (χ1v) is 7.35. The van der Waals surface area contributed by atoms with Crippen LogP contribution in [0, 0.1) is 11.8 Å². The van der Waals surface area contributed by atoms with Crippen LogP contribution in [0.25, 0.3) is 0 Å². The summed E-state index contributed by atoms with van der Waals surface area (Å²) in [5.41, 5.74) is 0.358. The molecule has 2 saturated heterocycles. The lowest BCUT2D eigenvalue weighted by atomic mass is 9.67. The smallest absolute Gasteiger partial charge is 0.322 e.